The van der Waals surface area contributed by atoms with Crippen molar-refractivity contribution in [2.24, 2.45) is 5.41 Å². The Balaban J connectivity index is 2.49. The van der Waals surface area contributed by atoms with Crippen LogP contribution in [-0.4, -0.2) is 48.8 Å². The van der Waals surface area contributed by atoms with Gasteiger partial charge in [-0.15, -0.1) is 0 Å². The van der Waals surface area contributed by atoms with E-state index in [1.54, 1.807) is 0 Å². The lowest BCUT2D eigenvalue weighted by atomic mass is 9.84. The second kappa shape index (κ2) is 9.75. The van der Waals surface area contributed by atoms with Gasteiger partial charge in [-0.1, -0.05) is 27.2 Å². The van der Waals surface area contributed by atoms with Crippen molar-refractivity contribution in [1.82, 2.24) is 10.2 Å². The third kappa shape index (κ3) is 6.11. The summed E-state index contributed by atoms with van der Waals surface area (Å²) < 4.78 is 0. The van der Waals surface area contributed by atoms with Gasteiger partial charge in [0.1, 0.15) is 0 Å². The van der Waals surface area contributed by atoms with Crippen molar-refractivity contribution in [2.75, 3.05) is 32.8 Å². The summed E-state index contributed by atoms with van der Waals surface area (Å²) in [5, 5.41) is 12.7. The molecule has 120 valence electrons. The van der Waals surface area contributed by atoms with Gasteiger partial charge >= 0.3 is 0 Å². The predicted molar refractivity (Wildman–Crippen MR) is 87.1 cm³/mol. The van der Waals surface area contributed by atoms with Crippen molar-refractivity contribution >= 4 is 0 Å². The minimum atomic E-state index is 0.342. The average Bonchev–Trinajstić information content (AvgIpc) is 2.84. The SMILES string of the molecule is CCCNCC(C)(CCC)CN1CCCC1CCCO. The molecule has 0 spiro atoms. The molecule has 2 N–H and O–H groups in total. The Hall–Kier alpha value is -0.120. The Kier molecular flexibility index (Phi) is 8.74. The van der Waals surface area contributed by atoms with Crippen molar-refractivity contribution in [3.8, 4) is 0 Å². The highest BCUT2D eigenvalue weighted by Gasteiger charge is 2.31. The minimum absolute atomic E-state index is 0.342. The van der Waals surface area contributed by atoms with E-state index in [1.807, 2.05) is 0 Å². The molecule has 1 saturated heterocycles. The Morgan fingerprint density at radius 2 is 2.10 bits per heavy atom. The molecule has 1 aliphatic heterocycles. The average molecular weight is 284 g/mol. The van der Waals surface area contributed by atoms with Crippen LogP contribution in [-0.2, 0) is 0 Å². The fourth-order valence-electron chi connectivity index (χ4n) is 3.64. The van der Waals surface area contributed by atoms with Gasteiger partial charge < -0.3 is 10.4 Å². The number of nitrogens with zero attached hydrogens (tertiary/aromatic N) is 1. The second-order valence-electron chi connectivity index (χ2n) is 6.87. The minimum Gasteiger partial charge on any atom is -0.396 e. The lowest BCUT2D eigenvalue weighted by molar-refractivity contribution is 0.130. The first kappa shape index (κ1) is 17.9. The number of aliphatic hydroxyl groups excluding tert-OH is 1. The second-order valence-corrected chi connectivity index (χ2v) is 6.87. The zero-order valence-electron chi connectivity index (χ0n) is 14.0. The Morgan fingerprint density at radius 3 is 2.75 bits per heavy atom. The molecule has 1 heterocycles. The molecule has 0 bridgehead atoms. The molecular weight excluding hydrogens is 248 g/mol. The predicted octanol–water partition coefficient (Wildman–Crippen LogP) is 3.03. The highest BCUT2D eigenvalue weighted by Crippen LogP contribution is 2.29. The summed E-state index contributed by atoms with van der Waals surface area (Å²) in [6.07, 6.45) is 8.56. The maximum atomic E-state index is 9.04. The van der Waals surface area contributed by atoms with Crippen molar-refractivity contribution in [3.05, 3.63) is 0 Å². The van der Waals surface area contributed by atoms with Crippen LogP contribution in [0, 0.1) is 5.41 Å². The lowest BCUT2D eigenvalue weighted by Crippen LogP contribution is -2.44. The van der Waals surface area contributed by atoms with Crippen LogP contribution in [0.15, 0.2) is 0 Å². The summed E-state index contributed by atoms with van der Waals surface area (Å²) in [7, 11) is 0. The van der Waals surface area contributed by atoms with Crippen LogP contribution in [0.4, 0.5) is 0 Å². The molecule has 3 nitrogen and oxygen atoms in total. The Bertz CT molecular complexity index is 247. The highest BCUT2D eigenvalue weighted by atomic mass is 16.2. The summed E-state index contributed by atoms with van der Waals surface area (Å²) in [5.41, 5.74) is 0.395. The molecule has 0 amide bonds. The van der Waals surface area contributed by atoms with Gasteiger partial charge in [-0.05, 0) is 57.0 Å². The van der Waals surface area contributed by atoms with Crippen LogP contribution in [0.5, 0.6) is 0 Å². The molecule has 1 aliphatic rings. The van der Waals surface area contributed by atoms with Crippen LogP contribution in [0.25, 0.3) is 0 Å². The van der Waals surface area contributed by atoms with E-state index >= 15 is 0 Å². The fourth-order valence-corrected chi connectivity index (χ4v) is 3.64. The standard InChI is InChI=1S/C17H36N2O/c1-4-10-17(3,14-18-11-5-2)15-19-12-6-8-16(19)9-7-13-20/h16,18,20H,4-15H2,1-3H3. The topological polar surface area (TPSA) is 35.5 Å². The highest BCUT2D eigenvalue weighted by molar-refractivity contribution is 4.87. The summed E-state index contributed by atoms with van der Waals surface area (Å²) in [6.45, 7) is 12.1. The molecule has 0 aromatic heterocycles. The zero-order chi connectivity index (χ0) is 14.8. The number of hydrogen-bond donors (Lipinski definition) is 2. The molecule has 0 radical (unpaired) electrons. The normalized spacial score (nSPS) is 23.1. The first-order valence-corrected chi connectivity index (χ1v) is 8.71. The molecule has 2 unspecified atom stereocenters. The van der Waals surface area contributed by atoms with Crippen LogP contribution in [0.3, 0.4) is 0 Å². The maximum absolute atomic E-state index is 9.04. The first-order chi connectivity index (χ1) is 9.65. The molecule has 0 aromatic carbocycles. The van der Waals surface area contributed by atoms with E-state index in [-0.39, 0.29) is 0 Å². The van der Waals surface area contributed by atoms with Crippen molar-refractivity contribution in [1.29, 1.82) is 0 Å². The van der Waals surface area contributed by atoms with E-state index in [2.05, 4.69) is 31.0 Å². The van der Waals surface area contributed by atoms with E-state index in [4.69, 9.17) is 5.11 Å². The monoisotopic (exact) mass is 284 g/mol. The number of nitrogens with one attached hydrogen (secondary N) is 1. The molecule has 3 heteroatoms. The van der Waals surface area contributed by atoms with Gasteiger partial charge in [0, 0.05) is 25.7 Å². The summed E-state index contributed by atoms with van der Waals surface area (Å²) in [4.78, 5) is 2.69. The molecule has 2 atom stereocenters. The van der Waals surface area contributed by atoms with Crippen LogP contribution < -0.4 is 5.32 Å². The lowest BCUT2D eigenvalue weighted by Gasteiger charge is -2.37. The molecule has 0 aliphatic carbocycles. The van der Waals surface area contributed by atoms with Crippen LogP contribution in [0.1, 0.15) is 65.7 Å². The van der Waals surface area contributed by atoms with Gasteiger partial charge in [-0.2, -0.15) is 0 Å². The van der Waals surface area contributed by atoms with Crippen molar-refractivity contribution in [2.45, 2.75) is 71.8 Å². The zero-order valence-corrected chi connectivity index (χ0v) is 14.0. The van der Waals surface area contributed by atoms with Gasteiger partial charge in [0.15, 0.2) is 0 Å². The maximum Gasteiger partial charge on any atom is 0.0431 e. The summed E-state index contributed by atoms with van der Waals surface area (Å²) in [5.74, 6) is 0. The third-order valence-corrected chi connectivity index (χ3v) is 4.61. The van der Waals surface area contributed by atoms with Gasteiger partial charge in [0.25, 0.3) is 0 Å². The molecular formula is C17H36N2O. The van der Waals surface area contributed by atoms with Crippen LogP contribution in [0.2, 0.25) is 0 Å². The van der Waals surface area contributed by atoms with Gasteiger partial charge in [-0.25, -0.2) is 0 Å². The van der Waals surface area contributed by atoms with Crippen molar-refractivity contribution in [3.63, 3.8) is 0 Å². The molecule has 0 saturated carbocycles. The first-order valence-electron chi connectivity index (χ1n) is 8.71. The molecule has 0 aromatic rings. The van der Waals surface area contributed by atoms with E-state index in [1.165, 1.54) is 51.6 Å². The van der Waals surface area contributed by atoms with Crippen molar-refractivity contribution < 1.29 is 5.11 Å². The number of rotatable bonds is 11. The van der Waals surface area contributed by atoms with Crippen LogP contribution >= 0.6 is 0 Å². The van der Waals surface area contributed by atoms with E-state index in [9.17, 15) is 0 Å². The Morgan fingerprint density at radius 1 is 1.30 bits per heavy atom. The van der Waals surface area contributed by atoms with E-state index in [0.29, 0.717) is 18.1 Å². The van der Waals surface area contributed by atoms with Gasteiger partial charge in [0.05, 0.1) is 0 Å². The molecule has 1 rings (SSSR count). The van der Waals surface area contributed by atoms with Gasteiger partial charge in [0.2, 0.25) is 0 Å². The summed E-state index contributed by atoms with van der Waals surface area (Å²) >= 11 is 0. The number of hydrogen-bond acceptors (Lipinski definition) is 3. The summed E-state index contributed by atoms with van der Waals surface area (Å²) in [6, 6.07) is 0.713. The Labute approximate surface area is 126 Å². The fraction of sp³-hybridized carbons (Fsp3) is 1.00. The number of likely N-dealkylation sites (tertiary alicyclic amines) is 1. The molecule has 1 fully saturated rings. The smallest absolute Gasteiger partial charge is 0.0431 e. The van der Waals surface area contributed by atoms with Gasteiger partial charge in [-0.3, -0.25) is 4.90 Å². The molecule has 20 heavy (non-hydrogen) atoms. The third-order valence-electron chi connectivity index (χ3n) is 4.61. The largest absolute Gasteiger partial charge is 0.396 e. The van der Waals surface area contributed by atoms with E-state index < -0.39 is 0 Å². The quantitative estimate of drug-likeness (QED) is 0.573. The van der Waals surface area contributed by atoms with E-state index in [0.717, 1.165) is 19.5 Å². The number of aliphatic hydroxyl groups is 1.